The van der Waals surface area contributed by atoms with Crippen LogP contribution < -0.4 is 16.2 Å². The number of nitro benzene ring substituents is 1. The molecule has 1 rings (SSSR count). The molecule has 0 aromatic heterocycles. The first-order valence-electron chi connectivity index (χ1n) is 5.53. The summed E-state index contributed by atoms with van der Waals surface area (Å²) >= 11 is 0. The van der Waals surface area contributed by atoms with Gasteiger partial charge in [0.25, 0.3) is 5.69 Å². The van der Waals surface area contributed by atoms with Gasteiger partial charge < -0.3 is 11.1 Å². The topological polar surface area (TPSA) is 158 Å². The summed E-state index contributed by atoms with van der Waals surface area (Å²) in [4.78, 5) is 21.2. The first kappa shape index (κ1) is 15.9. The van der Waals surface area contributed by atoms with Crippen LogP contribution in [0.4, 0.5) is 11.4 Å². The molecule has 0 spiro atoms. The zero-order valence-corrected chi connectivity index (χ0v) is 11.2. The van der Waals surface area contributed by atoms with Gasteiger partial charge in [-0.3, -0.25) is 14.9 Å². The van der Waals surface area contributed by atoms with E-state index >= 15 is 0 Å². The molecule has 1 aromatic carbocycles. The summed E-state index contributed by atoms with van der Waals surface area (Å²) in [7, 11) is -3.56. The number of nitrogens with one attached hydrogen (secondary N) is 1. The third-order valence-electron chi connectivity index (χ3n) is 2.40. The van der Waals surface area contributed by atoms with E-state index < -0.39 is 20.9 Å². The van der Waals surface area contributed by atoms with Gasteiger partial charge in [0.2, 0.25) is 15.9 Å². The number of hydrogen-bond donors (Lipinski definition) is 3. The van der Waals surface area contributed by atoms with Gasteiger partial charge in [0.05, 0.1) is 10.7 Å². The second-order valence-corrected chi connectivity index (χ2v) is 5.73. The molecule has 0 aliphatic rings. The van der Waals surface area contributed by atoms with E-state index in [9.17, 15) is 23.3 Å². The molecule has 0 aliphatic heterocycles. The molecule has 0 saturated heterocycles. The Labute approximate surface area is 115 Å². The van der Waals surface area contributed by atoms with Crippen molar-refractivity contribution < 1.29 is 18.1 Å². The molecule has 0 saturated carbocycles. The van der Waals surface area contributed by atoms with Crippen LogP contribution in [0, 0.1) is 10.1 Å². The number of amides is 1. The number of carbonyl (C=O) groups is 1. The van der Waals surface area contributed by atoms with Crippen LogP contribution >= 0.6 is 0 Å². The Bertz CT molecular complexity index is 629. The van der Waals surface area contributed by atoms with Crippen molar-refractivity contribution in [1.29, 1.82) is 0 Å². The Morgan fingerprint density at radius 2 is 2.05 bits per heavy atom. The number of rotatable bonds is 7. The quantitative estimate of drug-likeness (QED) is 0.359. The van der Waals surface area contributed by atoms with E-state index in [4.69, 9.17) is 10.9 Å². The SMILES string of the molecule is NC(=O)c1ccc(NCCCS(N)(=O)=O)c([N+](=O)[O-])c1. The summed E-state index contributed by atoms with van der Waals surface area (Å²) in [6.07, 6.45) is 0.202. The number of primary sulfonamides is 1. The average Bonchev–Trinajstić information content (AvgIpc) is 2.33. The number of anilines is 1. The Morgan fingerprint density at radius 3 is 2.55 bits per heavy atom. The van der Waals surface area contributed by atoms with Crippen molar-refractivity contribution in [2.75, 3.05) is 17.6 Å². The van der Waals surface area contributed by atoms with E-state index in [0.29, 0.717) is 0 Å². The van der Waals surface area contributed by atoms with Gasteiger partial charge in [0.1, 0.15) is 5.69 Å². The third-order valence-corrected chi connectivity index (χ3v) is 3.26. The maximum Gasteiger partial charge on any atom is 0.293 e. The average molecular weight is 302 g/mol. The lowest BCUT2D eigenvalue weighted by Crippen LogP contribution is -2.19. The molecule has 5 N–H and O–H groups in total. The molecule has 1 aromatic rings. The zero-order valence-electron chi connectivity index (χ0n) is 10.4. The van der Waals surface area contributed by atoms with Crippen LogP contribution in [-0.4, -0.2) is 31.5 Å². The predicted molar refractivity (Wildman–Crippen MR) is 72.7 cm³/mol. The van der Waals surface area contributed by atoms with Gasteiger partial charge in [-0.15, -0.1) is 0 Å². The van der Waals surface area contributed by atoms with Crippen molar-refractivity contribution in [3.63, 3.8) is 0 Å². The smallest absolute Gasteiger partial charge is 0.293 e. The molecule has 0 aliphatic carbocycles. The van der Waals surface area contributed by atoms with Crippen molar-refractivity contribution in [3.05, 3.63) is 33.9 Å². The van der Waals surface area contributed by atoms with Gasteiger partial charge in [-0.05, 0) is 18.6 Å². The minimum Gasteiger partial charge on any atom is -0.379 e. The summed E-state index contributed by atoms with van der Waals surface area (Å²) in [5.41, 5.74) is 4.93. The number of benzene rings is 1. The molecule has 9 nitrogen and oxygen atoms in total. The van der Waals surface area contributed by atoms with Crippen molar-refractivity contribution >= 4 is 27.3 Å². The van der Waals surface area contributed by atoms with E-state index in [1.807, 2.05) is 0 Å². The first-order valence-corrected chi connectivity index (χ1v) is 7.25. The largest absolute Gasteiger partial charge is 0.379 e. The molecule has 0 bridgehead atoms. The number of carbonyl (C=O) groups excluding carboxylic acids is 1. The summed E-state index contributed by atoms with van der Waals surface area (Å²) < 4.78 is 21.5. The Balaban J connectivity index is 2.79. The molecule has 0 heterocycles. The van der Waals surface area contributed by atoms with Crippen molar-refractivity contribution in [2.45, 2.75) is 6.42 Å². The monoisotopic (exact) mass is 302 g/mol. The molecule has 110 valence electrons. The highest BCUT2D eigenvalue weighted by Gasteiger charge is 2.16. The minimum atomic E-state index is -3.56. The summed E-state index contributed by atoms with van der Waals surface area (Å²) in [6.45, 7) is 0.188. The van der Waals surface area contributed by atoms with E-state index in [2.05, 4.69) is 5.32 Å². The Morgan fingerprint density at radius 1 is 1.40 bits per heavy atom. The summed E-state index contributed by atoms with van der Waals surface area (Å²) in [5.74, 6) is -0.999. The van der Waals surface area contributed by atoms with Crippen molar-refractivity contribution in [3.8, 4) is 0 Å². The lowest BCUT2D eigenvalue weighted by molar-refractivity contribution is -0.384. The molecule has 10 heteroatoms. The summed E-state index contributed by atoms with van der Waals surface area (Å²) in [6, 6.07) is 3.75. The normalized spacial score (nSPS) is 11.1. The van der Waals surface area contributed by atoms with Crippen LogP contribution in [0.3, 0.4) is 0 Å². The molecular weight excluding hydrogens is 288 g/mol. The maximum atomic E-state index is 11.0. The molecule has 0 fully saturated rings. The second-order valence-electron chi connectivity index (χ2n) is 4.00. The van der Waals surface area contributed by atoms with Crippen LogP contribution in [-0.2, 0) is 10.0 Å². The standard InChI is InChI=1S/C10H14N4O5S/c11-10(15)7-2-3-8(9(6-7)14(16)17)13-4-1-5-20(12,18)19/h2-3,6,13H,1,4-5H2,(H2,11,15)(H2,12,18,19). The van der Waals surface area contributed by atoms with Crippen LogP contribution in [0.2, 0.25) is 0 Å². The van der Waals surface area contributed by atoms with Gasteiger partial charge in [-0.1, -0.05) is 0 Å². The van der Waals surface area contributed by atoms with Crippen molar-refractivity contribution in [1.82, 2.24) is 0 Å². The highest BCUT2D eigenvalue weighted by molar-refractivity contribution is 7.89. The molecule has 1 amide bonds. The molecular formula is C10H14N4O5S. The fourth-order valence-corrected chi connectivity index (χ4v) is 2.03. The van der Waals surface area contributed by atoms with Gasteiger partial charge in [-0.25, -0.2) is 13.6 Å². The number of hydrogen-bond acceptors (Lipinski definition) is 6. The zero-order chi connectivity index (χ0) is 15.3. The number of primary amides is 1. The molecule has 0 atom stereocenters. The first-order chi connectivity index (χ1) is 9.20. The lowest BCUT2D eigenvalue weighted by atomic mass is 10.1. The second kappa shape index (κ2) is 6.30. The van der Waals surface area contributed by atoms with Crippen LogP contribution in [0.15, 0.2) is 18.2 Å². The molecule has 20 heavy (non-hydrogen) atoms. The maximum absolute atomic E-state index is 11.0. The van der Waals surface area contributed by atoms with E-state index in [-0.39, 0.29) is 35.7 Å². The minimum absolute atomic E-state index is 0.0202. The van der Waals surface area contributed by atoms with E-state index in [0.717, 1.165) is 6.07 Å². The predicted octanol–water partition coefficient (Wildman–Crippen LogP) is -0.216. The Hall–Kier alpha value is -2.20. The van der Waals surface area contributed by atoms with E-state index in [1.165, 1.54) is 12.1 Å². The fourth-order valence-electron chi connectivity index (χ4n) is 1.48. The number of sulfonamides is 1. The fraction of sp³-hybridized carbons (Fsp3) is 0.300. The third kappa shape index (κ3) is 4.82. The lowest BCUT2D eigenvalue weighted by Gasteiger charge is -2.07. The number of nitrogens with two attached hydrogens (primary N) is 2. The number of nitro groups is 1. The number of nitrogens with zero attached hydrogens (tertiary/aromatic N) is 1. The van der Waals surface area contributed by atoms with Crippen molar-refractivity contribution in [2.24, 2.45) is 10.9 Å². The highest BCUT2D eigenvalue weighted by atomic mass is 32.2. The van der Waals surface area contributed by atoms with Gasteiger partial charge in [0.15, 0.2) is 0 Å². The highest BCUT2D eigenvalue weighted by Crippen LogP contribution is 2.25. The van der Waals surface area contributed by atoms with Gasteiger partial charge >= 0.3 is 0 Å². The van der Waals surface area contributed by atoms with E-state index in [1.54, 1.807) is 0 Å². The molecule has 0 unspecified atom stereocenters. The van der Waals surface area contributed by atoms with Crippen LogP contribution in [0.25, 0.3) is 0 Å². The van der Waals surface area contributed by atoms with Crippen LogP contribution in [0.5, 0.6) is 0 Å². The van der Waals surface area contributed by atoms with Crippen LogP contribution in [0.1, 0.15) is 16.8 Å². The van der Waals surface area contributed by atoms with Gasteiger partial charge in [0, 0.05) is 18.2 Å². The molecule has 0 radical (unpaired) electrons. The van der Waals surface area contributed by atoms with Gasteiger partial charge in [-0.2, -0.15) is 0 Å². The Kier molecular flexibility index (Phi) is 5.00. The summed E-state index contributed by atoms with van der Waals surface area (Å²) in [5, 5.41) is 18.4.